The molecule has 2 rings (SSSR count). The van der Waals surface area contributed by atoms with Gasteiger partial charge in [-0.2, -0.15) is 13.2 Å². The van der Waals surface area contributed by atoms with Gasteiger partial charge in [-0.1, -0.05) is 11.3 Å². The van der Waals surface area contributed by atoms with Crippen LogP contribution in [0.5, 0.6) is 5.75 Å². The first-order valence-electron chi connectivity index (χ1n) is 6.08. The van der Waals surface area contributed by atoms with Gasteiger partial charge >= 0.3 is 6.18 Å². The number of carbonyl (C=O) groups excluding carboxylic acids is 1. The third-order valence-corrected chi connectivity index (χ3v) is 3.41. The Morgan fingerprint density at radius 2 is 1.86 bits per heavy atom. The zero-order valence-corrected chi connectivity index (χ0v) is 11.8. The first-order valence-corrected chi connectivity index (χ1v) is 6.90. The number of benzene rings is 1. The third kappa shape index (κ3) is 4.32. The lowest BCUT2D eigenvalue weighted by molar-refractivity contribution is -0.138. The predicted molar refractivity (Wildman–Crippen MR) is 73.8 cm³/mol. The summed E-state index contributed by atoms with van der Waals surface area (Å²) >= 11 is 0.398. The highest BCUT2D eigenvalue weighted by atomic mass is 32.1. The zero-order valence-electron chi connectivity index (χ0n) is 11.0. The largest absolute Gasteiger partial charge is 0.508 e. The van der Waals surface area contributed by atoms with E-state index in [0.717, 1.165) is 0 Å². The van der Waals surface area contributed by atoms with Gasteiger partial charge in [-0.25, -0.2) is 0 Å². The van der Waals surface area contributed by atoms with Crippen LogP contribution in [0, 0.1) is 0 Å². The number of hydrogen-bond acceptors (Lipinski definition) is 6. The first kappa shape index (κ1) is 16.0. The Morgan fingerprint density at radius 1 is 1.18 bits per heavy atom. The molecule has 0 radical (unpaired) electrons. The number of halogens is 3. The number of aromatic hydroxyl groups is 1. The smallest absolute Gasteiger partial charge is 0.445 e. The Morgan fingerprint density at radius 3 is 2.45 bits per heavy atom. The molecule has 0 bridgehead atoms. The molecule has 1 amide bonds. The molecule has 0 aliphatic rings. The summed E-state index contributed by atoms with van der Waals surface area (Å²) < 4.78 is 37.0. The van der Waals surface area contributed by atoms with Crippen molar-refractivity contribution in [3.05, 3.63) is 34.8 Å². The monoisotopic (exact) mass is 332 g/mol. The molecular formula is C12H11F3N4O2S. The summed E-state index contributed by atoms with van der Waals surface area (Å²) in [5, 5.41) is 19.7. The van der Waals surface area contributed by atoms with Crippen LogP contribution in [0.15, 0.2) is 24.3 Å². The number of hydrogen-bond donors (Lipinski definition) is 3. The number of aromatic nitrogens is 2. The van der Waals surface area contributed by atoms with Crippen molar-refractivity contribution in [1.29, 1.82) is 0 Å². The summed E-state index contributed by atoms with van der Waals surface area (Å²) in [4.78, 5) is 11.7. The molecule has 0 aliphatic heterocycles. The molecule has 0 spiro atoms. The molecule has 118 valence electrons. The number of nitrogens with zero attached hydrogens (tertiary/aromatic N) is 2. The average Bonchev–Trinajstić information content (AvgIpc) is 2.93. The van der Waals surface area contributed by atoms with Crippen molar-refractivity contribution in [2.45, 2.75) is 6.18 Å². The molecule has 0 unspecified atom stereocenters. The van der Waals surface area contributed by atoms with Crippen LogP contribution in [0.25, 0.3) is 0 Å². The molecule has 6 nitrogen and oxygen atoms in total. The maximum Gasteiger partial charge on any atom is 0.445 e. The molecule has 0 saturated carbocycles. The minimum absolute atomic E-state index is 0.0335. The normalized spacial score (nSPS) is 11.2. The Kier molecular flexibility index (Phi) is 4.81. The predicted octanol–water partition coefficient (Wildman–Crippen LogP) is 2.10. The van der Waals surface area contributed by atoms with Crippen LogP contribution in [-0.4, -0.2) is 34.3 Å². The maximum atomic E-state index is 12.3. The van der Waals surface area contributed by atoms with E-state index in [4.69, 9.17) is 5.11 Å². The highest BCUT2D eigenvalue weighted by Crippen LogP contribution is 2.32. The van der Waals surface area contributed by atoms with Crippen LogP contribution in [0.2, 0.25) is 0 Å². The van der Waals surface area contributed by atoms with Gasteiger partial charge in [-0.3, -0.25) is 4.79 Å². The average molecular weight is 332 g/mol. The Balaban J connectivity index is 1.76. The fraction of sp³-hybridized carbons (Fsp3) is 0.250. The second-order valence-electron chi connectivity index (χ2n) is 4.14. The van der Waals surface area contributed by atoms with Gasteiger partial charge in [-0.05, 0) is 24.3 Å². The molecule has 0 aliphatic carbocycles. The number of phenols is 1. The van der Waals surface area contributed by atoms with Crippen molar-refractivity contribution >= 4 is 22.4 Å². The van der Waals surface area contributed by atoms with Gasteiger partial charge in [-0.15, -0.1) is 10.2 Å². The zero-order chi connectivity index (χ0) is 16.2. The number of nitrogens with one attached hydrogen (secondary N) is 2. The van der Waals surface area contributed by atoms with Crippen LogP contribution in [0.3, 0.4) is 0 Å². The fourth-order valence-corrected chi connectivity index (χ4v) is 2.11. The second-order valence-corrected chi connectivity index (χ2v) is 5.12. The van der Waals surface area contributed by atoms with Crippen LogP contribution in [0.4, 0.5) is 18.3 Å². The lowest BCUT2D eigenvalue weighted by atomic mass is 10.2. The van der Waals surface area contributed by atoms with Crippen LogP contribution in [-0.2, 0) is 6.18 Å². The van der Waals surface area contributed by atoms with E-state index < -0.39 is 11.2 Å². The quantitative estimate of drug-likeness (QED) is 0.730. The van der Waals surface area contributed by atoms with Gasteiger partial charge in [0.2, 0.25) is 10.1 Å². The molecule has 1 aromatic heterocycles. The molecule has 10 heteroatoms. The minimum Gasteiger partial charge on any atom is -0.508 e. The van der Waals surface area contributed by atoms with Crippen molar-refractivity contribution in [2.75, 3.05) is 18.4 Å². The summed E-state index contributed by atoms with van der Waals surface area (Å²) in [7, 11) is 0. The van der Waals surface area contributed by atoms with E-state index in [2.05, 4.69) is 20.8 Å². The van der Waals surface area contributed by atoms with Gasteiger partial charge in [0.15, 0.2) is 0 Å². The Labute approximate surface area is 127 Å². The van der Waals surface area contributed by atoms with Gasteiger partial charge < -0.3 is 15.7 Å². The van der Waals surface area contributed by atoms with Crippen molar-refractivity contribution < 1.29 is 23.1 Å². The summed E-state index contributed by atoms with van der Waals surface area (Å²) in [6.45, 7) is 0.400. The molecule has 22 heavy (non-hydrogen) atoms. The van der Waals surface area contributed by atoms with Crippen LogP contribution < -0.4 is 10.6 Å². The molecule has 1 heterocycles. The van der Waals surface area contributed by atoms with Crippen molar-refractivity contribution in [1.82, 2.24) is 15.5 Å². The molecule has 0 saturated heterocycles. The van der Waals surface area contributed by atoms with E-state index in [1.165, 1.54) is 24.3 Å². The number of alkyl halides is 3. The minimum atomic E-state index is -4.51. The van der Waals surface area contributed by atoms with Crippen molar-refractivity contribution in [2.24, 2.45) is 0 Å². The maximum absolute atomic E-state index is 12.3. The van der Waals surface area contributed by atoms with Crippen LogP contribution in [0.1, 0.15) is 15.4 Å². The standard InChI is InChI=1S/C12H11F3N4O2S/c13-12(14,15)10-18-19-11(22-10)17-6-5-16-9(21)7-1-3-8(20)4-2-7/h1-4,20H,5-6H2,(H,16,21)(H,17,19). The lowest BCUT2D eigenvalue weighted by Crippen LogP contribution is -2.28. The second kappa shape index (κ2) is 6.60. The Bertz CT molecular complexity index is 643. The molecule has 0 fully saturated rings. The first-order chi connectivity index (χ1) is 10.4. The van der Waals surface area contributed by atoms with E-state index in [1.54, 1.807) is 0 Å². The van der Waals surface area contributed by atoms with E-state index >= 15 is 0 Å². The number of phenolic OH excluding ortho intramolecular Hbond substituents is 1. The molecular weight excluding hydrogens is 321 g/mol. The van der Waals surface area contributed by atoms with E-state index in [9.17, 15) is 18.0 Å². The van der Waals surface area contributed by atoms with Crippen molar-refractivity contribution in [3.8, 4) is 5.75 Å². The Hall–Kier alpha value is -2.36. The lowest BCUT2D eigenvalue weighted by Gasteiger charge is -2.05. The van der Waals surface area contributed by atoms with Crippen molar-refractivity contribution in [3.63, 3.8) is 0 Å². The van der Waals surface area contributed by atoms with Gasteiger partial charge in [0.1, 0.15) is 5.75 Å². The van der Waals surface area contributed by atoms with E-state index in [1.807, 2.05) is 0 Å². The molecule has 1 aromatic carbocycles. The summed E-state index contributed by atoms with van der Waals surface area (Å²) in [5.74, 6) is -0.301. The molecule has 3 N–H and O–H groups in total. The van der Waals surface area contributed by atoms with E-state index in [0.29, 0.717) is 16.9 Å². The SMILES string of the molecule is O=C(NCCNc1nnc(C(F)(F)F)s1)c1ccc(O)cc1. The summed E-state index contributed by atoms with van der Waals surface area (Å²) in [6.07, 6.45) is -4.51. The number of rotatable bonds is 5. The van der Waals surface area contributed by atoms with Gasteiger partial charge in [0, 0.05) is 18.7 Å². The third-order valence-electron chi connectivity index (χ3n) is 2.48. The fourth-order valence-electron chi connectivity index (χ4n) is 1.47. The number of carbonyl (C=O) groups is 1. The summed E-state index contributed by atoms with van der Waals surface area (Å²) in [6, 6.07) is 5.68. The molecule has 0 atom stereocenters. The summed E-state index contributed by atoms with van der Waals surface area (Å²) in [5.41, 5.74) is 0.369. The van der Waals surface area contributed by atoms with Gasteiger partial charge in [0.05, 0.1) is 0 Å². The topological polar surface area (TPSA) is 87.1 Å². The number of amides is 1. The van der Waals surface area contributed by atoms with E-state index in [-0.39, 0.29) is 29.9 Å². The van der Waals surface area contributed by atoms with Crippen LogP contribution >= 0.6 is 11.3 Å². The molecule has 2 aromatic rings. The highest BCUT2D eigenvalue weighted by molar-refractivity contribution is 7.15. The number of anilines is 1. The highest BCUT2D eigenvalue weighted by Gasteiger charge is 2.35. The van der Waals surface area contributed by atoms with Gasteiger partial charge in [0.25, 0.3) is 5.91 Å².